The molecule has 3 unspecified atom stereocenters. The molecule has 0 bridgehead atoms. The number of aryl methyl sites for hydroxylation is 1. The molecule has 8 heteroatoms. The molecule has 164 valence electrons. The maximum Gasteiger partial charge on any atom is 0.416 e. The Morgan fingerprint density at radius 3 is 2.81 bits per heavy atom. The van der Waals surface area contributed by atoms with Gasteiger partial charge in [-0.25, -0.2) is 4.99 Å². The van der Waals surface area contributed by atoms with Crippen LogP contribution in [0.1, 0.15) is 46.0 Å². The number of halogens is 3. The van der Waals surface area contributed by atoms with Crippen LogP contribution in [0, 0.1) is 0 Å². The van der Waals surface area contributed by atoms with Crippen molar-refractivity contribution in [2.24, 2.45) is 4.99 Å². The first-order valence-electron chi connectivity index (χ1n) is 10.3. The van der Waals surface area contributed by atoms with E-state index in [0.29, 0.717) is 24.0 Å². The molecule has 31 heavy (non-hydrogen) atoms. The lowest BCUT2D eigenvalue weighted by Gasteiger charge is -2.25. The molecule has 0 saturated heterocycles. The van der Waals surface area contributed by atoms with Crippen molar-refractivity contribution in [1.82, 2.24) is 10.2 Å². The minimum absolute atomic E-state index is 0.203. The van der Waals surface area contributed by atoms with Crippen molar-refractivity contribution in [3.63, 3.8) is 0 Å². The number of carbonyl (C=O) groups excluding carboxylic acids is 1. The predicted molar refractivity (Wildman–Crippen MR) is 111 cm³/mol. The normalized spacial score (nSPS) is 23.0. The number of aliphatic hydroxyl groups is 1. The van der Waals surface area contributed by atoms with Crippen molar-refractivity contribution in [1.29, 1.82) is 0 Å². The second-order valence-corrected chi connectivity index (χ2v) is 8.17. The largest absolute Gasteiger partial charge is 0.416 e. The molecule has 0 spiro atoms. The Morgan fingerprint density at radius 1 is 1.23 bits per heavy atom. The van der Waals surface area contributed by atoms with Gasteiger partial charge < -0.3 is 15.3 Å². The van der Waals surface area contributed by atoms with Crippen molar-refractivity contribution in [2.75, 3.05) is 0 Å². The van der Waals surface area contributed by atoms with Crippen LogP contribution in [-0.2, 0) is 25.6 Å². The zero-order chi connectivity index (χ0) is 22.2. The van der Waals surface area contributed by atoms with Crippen LogP contribution in [-0.4, -0.2) is 40.6 Å². The predicted octanol–water partition coefficient (Wildman–Crippen LogP) is 3.54. The summed E-state index contributed by atoms with van der Waals surface area (Å²) in [5, 5.41) is 12.7. The van der Waals surface area contributed by atoms with Crippen LogP contribution in [0.5, 0.6) is 0 Å². The van der Waals surface area contributed by atoms with Gasteiger partial charge >= 0.3 is 6.18 Å². The van der Waals surface area contributed by atoms with E-state index >= 15 is 0 Å². The summed E-state index contributed by atoms with van der Waals surface area (Å²) >= 11 is 0. The molecule has 2 aromatic carbocycles. The molecule has 4 rings (SSSR count). The Bertz CT molecular complexity index is 1010. The van der Waals surface area contributed by atoms with Gasteiger partial charge in [-0.05, 0) is 67.1 Å². The Hall–Kier alpha value is -2.87. The van der Waals surface area contributed by atoms with Gasteiger partial charge in [0, 0.05) is 12.1 Å². The summed E-state index contributed by atoms with van der Waals surface area (Å²) in [6.45, 7) is 2.14. The highest BCUT2D eigenvalue weighted by atomic mass is 19.4. The van der Waals surface area contributed by atoms with Crippen LogP contribution >= 0.6 is 0 Å². The van der Waals surface area contributed by atoms with Gasteiger partial charge in [-0.1, -0.05) is 18.2 Å². The number of aliphatic imine (C=N–C) groups is 1. The number of fused-ring (bicyclic) bond motifs is 1. The zero-order valence-corrected chi connectivity index (χ0v) is 17.1. The number of hydrogen-bond acceptors (Lipinski definition) is 4. The van der Waals surface area contributed by atoms with Crippen molar-refractivity contribution in [3.05, 3.63) is 70.3 Å². The molecule has 2 aromatic rings. The van der Waals surface area contributed by atoms with Crippen LogP contribution in [0.25, 0.3) is 0 Å². The number of aliphatic hydroxyl groups excluding tert-OH is 1. The summed E-state index contributed by atoms with van der Waals surface area (Å²) in [6, 6.07) is 10.5. The lowest BCUT2D eigenvalue weighted by molar-refractivity contribution is -0.137. The quantitative estimate of drug-likeness (QED) is 0.778. The molecule has 1 aliphatic heterocycles. The minimum atomic E-state index is -4.38. The van der Waals surface area contributed by atoms with Crippen molar-refractivity contribution < 1.29 is 23.1 Å². The second-order valence-electron chi connectivity index (χ2n) is 8.17. The lowest BCUT2D eigenvalue weighted by Crippen LogP contribution is -2.44. The molecule has 1 heterocycles. The topological polar surface area (TPSA) is 64.9 Å². The molecule has 0 saturated carbocycles. The Labute approximate surface area is 178 Å². The molecule has 5 nitrogen and oxygen atoms in total. The first kappa shape index (κ1) is 21.4. The average Bonchev–Trinajstić information content (AvgIpc) is 3.06. The third-order valence-electron chi connectivity index (χ3n) is 5.92. The molecule has 2 N–H and O–H groups in total. The smallest absolute Gasteiger partial charge is 0.393 e. The van der Waals surface area contributed by atoms with Crippen LogP contribution in [0.4, 0.5) is 13.2 Å². The van der Waals surface area contributed by atoms with E-state index < -0.39 is 17.9 Å². The zero-order valence-electron chi connectivity index (χ0n) is 17.1. The number of amides is 1. The summed E-state index contributed by atoms with van der Waals surface area (Å²) < 4.78 is 38.8. The summed E-state index contributed by atoms with van der Waals surface area (Å²) in [5.74, 6) is -0.246. The summed E-state index contributed by atoms with van der Waals surface area (Å²) in [7, 11) is 0. The number of carbonyl (C=O) groups is 1. The van der Waals surface area contributed by atoms with Gasteiger partial charge in [0.15, 0.2) is 0 Å². The molecule has 0 radical (unpaired) electrons. The number of nitrogens with zero attached hydrogens (tertiary/aromatic N) is 2. The number of hydrogen-bond donors (Lipinski definition) is 2. The van der Waals surface area contributed by atoms with E-state index in [9.17, 15) is 23.1 Å². The van der Waals surface area contributed by atoms with E-state index in [0.717, 1.165) is 29.7 Å². The fraction of sp³-hybridized carbons (Fsp3) is 0.391. The highest BCUT2D eigenvalue weighted by Gasteiger charge is 2.32. The highest BCUT2D eigenvalue weighted by molar-refractivity contribution is 5.95. The van der Waals surface area contributed by atoms with Gasteiger partial charge in [0.1, 0.15) is 6.17 Å². The van der Waals surface area contributed by atoms with E-state index in [1.807, 2.05) is 24.0 Å². The first-order chi connectivity index (χ1) is 14.7. The Morgan fingerprint density at radius 2 is 2.03 bits per heavy atom. The van der Waals surface area contributed by atoms with Gasteiger partial charge in [-0.15, -0.1) is 0 Å². The lowest BCUT2D eigenvalue weighted by atomic mass is 9.88. The van der Waals surface area contributed by atoms with E-state index in [1.54, 1.807) is 18.5 Å². The summed E-state index contributed by atoms with van der Waals surface area (Å²) in [5.41, 5.74) is 2.52. The fourth-order valence-electron chi connectivity index (χ4n) is 4.06. The van der Waals surface area contributed by atoms with Gasteiger partial charge in [0.2, 0.25) is 0 Å². The molecule has 0 fully saturated rings. The summed E-state index contributed by atoms with van der Waals surface area (Å²) in [6.07, 6.45) is -1.60. The van der Waals surface area contributed by atoms with Gasteiger partial charge in [-0.3, -0.25) is 4.79 Å². The van der Waals surface area contributed by atoms with E-state index in [1.165, 1.54) is 6.07 Å². The van der Waals surface area contributed by atoms with Crippen LogP contribution in [0.2, 0.25) is 0 Å². The van der Waals surface area contributed by atoms with E-state index in [4.69, 9.17) is 0 Å². The second kappa shape index (κ2) is 8.34. The average molecular weight is 431 g/mol. The monoisotopic (exact) mass is 431 g/mol. The molecule has 1 amide bonds. The van der Waals surface area contributed by atoms with Gasteiger partial charge in [0.25, 0.3) is 5.91 Å². The van der Waals surface area contributed by atoms with E-state index in [2.05, 4.69) is 10.3 Å². The fourth-order valence-corrected chi connectivity index (χ4v) is 4.06. The SMILES string of the molecule is CC1C(NC(=O)c2ccc3c(c2)CCC(O)C3)N=CN1Cc1cccc(C(F)(F)F)c1. The van der Waals surface area contributed by atoms with Gasteiger partial charge in [0.05, 0.1) is 24.0 Å². The minimum Gasteiger partial charge on any atom is -0.393 e. The summed E-state index contributed by atoms with van der Waals surface area (Å²) in [4.78, 5) is 18.9. The van der Waals surface area contributed by atoms with Crippen LogP contribution in [0.15, 0.2) is 47.5 Å². The maximum absolute atomic E-state index is 12.9. The highest BCUT2D eigenvalue weighted by Crippen LogP contribution is 2.30. The molecular formula is C23H24F3N3O2. The first-order valence-corrected chi connectivity index (χ1v) is 10.3. The maximum atomic E-state index is 12.9. The van der Waals surface area contributed by atoms with Crippen molar-refractivity contribution >= 4 is 12.2 Å². The Balaban J connectivity index is 1.39. The third kappa shape index (κ3) is 4.74. The third-order valence-corrected chi connectivity index (χ3v) is 5.92. The van der Waals surface area contributed by atoms with Crippen molar-refractivity contribution in [3.8, 4) is 0 Å². The van der Waals surface area contributed by atoms with Gasteiger partial charge in [-0.2, -0.15) is 13.2 Å². The number of nitrogens with one attached hydrogen (secondary N) is 1. The van der Waals surface area contributed by atoms with E-state index in [-0.39, 0.29) is 24.6 Å². The number of rotatable bonds is 4. The molecule has 0 aromatic heterocycles. The number of benzene rings is 2. The molecule has 3 atom stereocenters. The molecule has 2 aliphatic rings. The van der Waals surface area contributed by atoms with Crippen LogP contribution in [0.3, 0.4) is 0 Å². The molecular weight excluding hydrogens is 407 g/mol. The molecule has 1 aliphatic carbocycles. The standard InChI is InChI=1S/C23H24F3N3O2/c1-14-21(27-13-29(14)12-15-3-2-4-19(9-15)23(24,25)26)28-22(31)18-6-5-17-11-20(30)8-7-16(17)10-18/h2-6,9-10,13-14,20-21,30H,7-8,11-12H2,1H3,(H,28,31). The van der Waals surface area contributed by atoms with Crippen LogP contribution < -0.4 is 5.32 Å². The number of alkyl halides is 3. The Kier molecular flexibility index (Phi) is 5.75. The van der Waals surface area contributed by atoms with Crippen molar-refractivity contribution in [2.45, 2.75) is 57.2 Å².